The van der Waals surface area contributed by atoms with Crippen molar-refractivity contribution in [2.24, 2.45) is 0 Å². The van der Waals surface area contributed by atoms with Gasteiger partial charge >= 0.3 is 0 Å². The smallest absolute Gasteiger partial charge is 0.194 e. The topological polar surface area (TPSA) is 17.1 Å². The van der Waals surface area contributed by atoms with Crippen LogP contribution in [-0.2, 0) is 6.42 Å². The molecule has 0 fully saturated rings. The highest BCUT2D eigenvalue weighted by atomic mass is 16.1. The second kappa shape index (κ2) is 2.19. The first kappa shape index (κ1) is 7.41. The molecule has 0 atom stereocenters. The van der Waals surface area contributed by atoms with Gasteiger partial charge in [0.2, 0.25) is 0 Å². The van der Waals surface area contributed by atoms with Gasteiger partial charge < -0.3 is 0 Å². The molecule has 0 saturated carbocycles. The summed E-state index contributed by atoms with van der Waals surface area (Å²) in [7, 11) is 0. The standard InChI is InChI=1S/C14H8O/c15-14-10-5-1-3-8-7-9-4-2-6-11(14)13(9)12(8)10/h1-6H,7H2. The fourth-order valence-electron chi connectivity index (χ4n) is 2.81. The van der Waals surface area contributed by atoms with E-state index in [0.29, 0.717) is 0 Å². The lowest BCUT2D eigenvalue weighted by molar-refractivity contribution is 0.104. The number of benzene rings is 2. The molecule has 0 unspecified atom stereocenters. The summed E-state index contributed by atoms with van der Waals surface area (Å²) in [5.41, 5.74) is 6.81. The molecule has 0 aromatic heterocycles. The van der Waals surface area contributed by atoms with Gasteiger partial charge in [0.05, 0.1) is 0 Å². The van der Waals surface area contributed by atoms with Crippen LogP contribution in [0.2, 0.25) is 0 Å². The van der Waals surface area contributed by atoms with Crippen molar-refractivity contribution in [3.63, 3.8) is 0 Å². The van der Waals surface area contributed by atoms with E-state index in [9.17, 15) is 4.79 Å². The summed E-state index contributed by atoms with van der Waals surface area (Å²) in [5, 5.41) is 0. The lowest BCUT2D eigenvalue weighted by Crippen LogP contribution is -1.97. The van der Waals surface area contributed by atoms with E-state index in [1.807, 2.05) is 24.3 Å². The molecule has 0 heterocycles. The van der Waals surface area contributed by atoms with E-state index in [4.69, 9.17) is 0 Å². The van der Waals surface area contributed by atoms with Crippen molar-refractivity contribution in [2.45, 2.75) is 6.42 Å². The minimum atomic E-state index is 0.198. The summed E-state index contributed by atoms with van der Waals surface area (Å²) < 4.78 is 0. The van der Waals surface area contributed by atoms with Crippen LogP contribution in [0, 0.1) is 0 Å². The monoisotopic (exact) mass is 192 g/mol. The average molecular weight is 192 g/mol. The Kier molecular flexibility index (Phi) is 1.08. The maximum absolute atomic E-state index is 12.1. The molecule has 70 valence electrons. The van der Waals surface area contributed by atoms with Gasteiger partial charge in [-0.1, -0.05) is 36.4 Å². The van der Waals surface area contributed by atoms with Crippen molar-refractivity contribution in [2.75, 3.05) is 0 Å². The summed E-state index contributed by atoms with van der Waals surface area (Å²) in [6.45, 7) is 0. The molecule has 0 amide bonds. The number of carbonyl (C=O) groups is 1. The molecule has 2 aliphatic rings. The Balaban J connectivity index is 2.28. The summed E-state index contributed by atoms with van der Waals surface area (Å²) in [6, 6.07) is 12.1. The fraction of sp³-hybridized carbons (Fsp3) is 0.0714. The largest absolute Gasteiger partial charge is 0.289 e. The van der Waals surface area contributed by atoms with E-state index in [2.05, 4.69) is 12.1 Å². The van der Waals surface area contributed by atoms with Crippen LogP contribution in [0.5, 0.6) is 0 Å². The predicted molar refractivity (Wildman–Crippen MR) is 58.1 cm³/mol. The van der Waals surface area contributed by atoms with E-state index < -0.39 is 0 Å². The van der Waals surface area contributed by atoms with Gasteiger partial charge in [0.1, 0.15) is 0 Å². The predicted octanol–water partition coefficient (Wildman–Crippen LogP) is 2.80. The average Bonchev–Trinajstić information content (AvgIpc) is 2.77. The molecule has 15 heavy (non-hydrogen) atoms. The van der Waals surface area contributed by atoms with Gasteiger partial charge in [-0.05, 0) is 28.7 Å². The van der Waals surface area contributed by atoms with Gasteiger partial charge in [-0.2, -0.15) is 0 Å². The Hall–Kier alpha value is -1.89. The molecule has 0 N–H and O–H groups in total. The third-order valence-corrected chi connectivity index (χ3v) is 3.42. The lowest BCUT2D eigenvalue weighted by atomic mass is 10.0. The summed E-state index contributed by atoms with van der Waals surface area (Å²) >= 11 is 0. The number of carbonyl (C=O) groups excluding carboxylic acids is 1. The van der Waals surface area contributed by atoms with Gasteiger partial charge in [-0.15, -0.1) is 0 Å². The second-order valence-electron chi connectivity index (χ2n) is 4.19. The maximum Gasteiger partial charge on any atom is 0.194 e. The van der Waals surface area contributed by atoms with Crippen LogP contribution in [0.4, 0.5) is 0 Å². The Morgan fingerprint density at radius 1 is 0.800 bits per heavy atom. The van der Waals surface area contributed by atoms with E-state index >= 15 is 0 Å². The molecule has 1 heteroatoms. The Bertz CT molecular complexity index is 570. The van der Waals surface area contributed by atoms with Crippen molar-refractivity contribution in [1.82, 2.24) is 0 Å². The summed E-state index contributed by atoms with van der Waals surface area (Å²) in [5.74, 6) is 0.198. The Morgan fingerprint density at radius 2 is 1.33 bits per heavy atom. The molecule has 0 bridgehead atoms. The first-order chi connectivity index (χ1) is 7.36. The van der Waals surface area contributed by atoms with Crippen molar-refractivity contribution in [1.29, 1.82) is 0 Å². The molecule has 1 nitrogen and oxygen atoms in total. The lowest BCUT2D eigenvalue weighted by Gasteiger charge is -2.00. The summed E-state index contributed by atoms with van der Waals surface area (Å²) in [6.07, 6.45) is 0.986. The highest BCUT2D eigenvalue weighted by Gasteiger charge is 2.33. The van der Waals surface area contributed by atoms with Crippen LogP contribution in [-0.4, -0.2) is 5.78 Å². The fourth-order valence-corrected chi connectivity index (χ4v) is 2.81. The highest BCUT2D eigenvalue weighted by Crippen LogP contribution is 2.46. The molecular weight excluding hydrogens is 184 g/mol. The number of rotatable bonds is 0. The van der Waals surface area contributed by atoms with Crippen molar-refractivity contribution in [3.8, 4) is 11.1 Å². The van der Waals surface area contributed by atoms with E-state index in [1.54, 1.807) is 0 Å². The van der Waals surface area contributed by atoms with E-state index in [-0.39, 0.29) is 5.78 Å². The molecule has 2 aliphatic carbocycles. The zero-order valence-electron chi connectivity index (χ0n) is 8.08. The molecular formula is C14H8O. The molecule has 2 aromatic rings. The van der Waals surface area contributed by atoms with Crippen molar-refractivity contribution >= 4 is 5.78 Å². The van der Waals surface area contributed by atoms with E-state index in [0.717, 1.165) is 17.5 Å². The van der Waals surface area contributed by atoms with Gasteiger partial charge in [0.25, 0.3) is 0 Å². The van der Waals surface area contributed by atoms with Crippen LogP contribution < -0.4 is 0 Å². The van der Waals surface area contributed by atoms with Gasteiger partial charge in [0.15, 0.2) is 5.78 Å². The third-order valence-electron chi connectivity index (χ3n) is 3.42. The Labute approximate surface area is 87.4 Å². The number of hydrogen-bond acceptors (Lipinski definition) is 1. The number of ketones is 1. The Morgan fingerprint density at radius 3 is 1.87 bits per heavy atom. The zero-order chi connectivity index (χ0) is 9.99. The van der Waals surface area contributed by atoms with Gasteiger partial charge in [0, 0.05) is 11.1 Å². The molecule has 0 spiro atoms. The zero-order valence-corrected chi connectivity index (χ0v) is 8.08. The highest BCUT2D eigenvalue weighted by molar-refractivity contribution is 6.23. The minimum absolute atomic E-state index is 0.198. The number of hydrogen-bond donors (Lipinski definition) is 0. The molecule has 0 aliphatic heterocycles. The molecule has 0 saturated heterocycles. The van der Waals surface area contributed by atoms with Crippen LogP contribution in [0.15, 0.2) is 36.4 Å². The SMILES string of the molecule is O=C1c2cccc3c2-c2c(cccc21)C3. The van der Waals surface area contributed by atoms with Crippen LogP contribution in [0.1, 0.15) is 27.0 Å². The molecule has 4 rings (SSSR count). The minimum Gasteiger partial charge on any atom is -0.289 e. The quantitative estimate of drug-likeness (QED) is 0.418. The van der Waals surface area contributed by atoms with Crippen molar-refractivity contribution in [3.05, 3.63) is 58.7 Å². The van der Waals surface area contributed by atoms with Gasteiger partial charge in [-0.3, -0.25) is 4.79 Å². The van der Waals surface area contributed by atoms with Crippen LogP contribution in [0.3, 0.4) is 0 Å². The second-order valence-corrected chi connectivity index (χ2v) is 4.19. The van der Waals surface area contributed by atoms with Crippen LogP contribution in [0.25, 0.3) is 11.1 Å². The molecule has 0 radical (unpaired) electrons. The first-order valence-electron chi connectivity index (χ1n) is 5.15. The van der Waals surface area contributed by atoms with Gasteiger partial charge in [-0.25, -0.2) is 0 Å². The molecule has 2 aromatic carbocycles. The summed E-state index contributed by atoms with van der Waals surface area (Å²) in [4.78, 5) is 12.1. The maximum atomic E-state index is 12.1. The van der Waals surface area contributed by atoms with E-state index in [1.165, 1.54) is 22.3 Å². The van der Waals surface area contributed by atoms with Crippen molar-refractivity contribution < 1.29 is 4.79 Å². The normalized spacial score (nSPS) is 14.5. The van der Waals surface area contributed by atoms with Crippen LogP contribution >= 0.6 is 0 Å². The third kappa shape index (κ3) is 0.698. The first-order valence-corrected chi connectivity index (χ1v) is 5.15.